The molecule has 2 rings (SSSR count). The van der Waals surface area contributed by atoms with E-state index in [1.165, 1.54) is 0 Å². The molecule has 0 amide bonds. The first kappa shape index (κ1) is 15.5. The van der Waals surface area contributed by atoms with E-state index in [9.17, 15) is 5.11 Å². The molecule has 21 heavy (non-hydrogen) atoms. The van der Waals surface area contributed by atoms with Crippen LogP contribution in [0.25, 0.3) is 0 Å². The molecule has 0 radical (unpaired) electrons. The molecule has 0 aliphatic rings. The molecule has 112 valence electrons. The average Bonchev–Trinajstić information content (AvgIpc) is 2.54. The molecule has 3 N–H and O–H groups in total. The van der Waals surface area contributed by atoms with Crippen molar-refractivity contribution in [3.05, 3.63) is 65.7 Å². The van der Waals surface area contributed by atoms with Crippen LogP contribution in [0.2, 0.25) is 0 Å². The highest BCUT2D eigenvalue weighted by Crippen LogP contribution is 2.08. The van der Waals surface area contributed by atoms with Crippen LogP contribution < -0.4 is 10.1 Å². The third-order valence-electron chi connectivity index (χ3n) is 3.10. The Labute approximate surface area is 125 Å². The Morgan fingerprint density at radius 3 is 2.29 bits per heavy atom. The minimum Gasteiger partial charge on any atom is -0.491 e. The SMILES string of the molecule is OCc1ccc(CNCC(O)COc2ccccc2)cc1. The Morgan fingerprint density at radius 2 is 1.62 bits per heavy atom. The van der Waals surface area contributed by atoms with E-state index in [1.807, 2.05) is 54.6 Å². The molecule has 2 aromatic carbocycles. The summed E-state index contributed by atoms with van der Waals surface area (Å²) in [4.78, 5) is 0. The summed E-state index contributed by atoms with van der Waals surface area (Å²) in [6.07, 6.45) is -0.554. The van der Waals surface area contributed by atoms with Gasteiger partial charge >= 0.3 is 0 Å². The van der Waals surface area contributed by atoms with Crippen LogP contribution in [0.5, 0.6) is 5.75 Å². The number of nitrogens with one attached hydrogen (secondary N) is 1. The molecule has 0 aliphatic heterocycles. The van der Waals surface area contributed by atoms with Gasteiger partial charge < -0.3 is 20.3 Å². The summed E-state index contributed by atoms with van der Waals surface area (Å²) >= 11 is 0. The second-order valence-electron chi connectivity index (χ2n) is 4.88. The number of para-hydroxylation sites is 1. The first-order valence-electron chi connectivity index (χ1n) is 7.03. The first-order chi connectivity index (χ1) is 10.3. The molecule has 0 aliphatic carbocycles. The van der Waals surface area contributed by atoms with Crippen LogP contribution in [0.1, 0.15) is 11.1 Å². The zero-order chi connectivity index (χ0) is 14.9. The Kier molecular flexibility index (Phi) is 6.22. The Balaban J connectivity index is 1.65. The molecular formula is C17H21NO3. The van der Waals surface area contributed by atoms with Crippen molar-refractivity contribution in [3.63, 3.8) is 0 Å². The van der Waals surface area contributed by atoms with Gasteiger partial charge in [-0.05, 0) is 23.3 Å². The van der Waals surface area contributed by atoms with Crippen molar-refractivity contribution >= 4 is 0 Å². The van der Waals surface area contributed by atoms with Crippen molar-refractivity contribution in [2.75, 3.05) is 13.2 Å². The molecule has 4 nitrogen and oxygen atoms in total. The lowest BCUT2D eigenvalue weighted by Crippen LogP contribution is -2.31. The number of aliphatic hydroxyl groups is 2. The maximum absolute atomic E-state index is 9.85. The van der Waals surface area contributed by atoms with E-state index in [-0.39, 0.29) is 13.2 Å². The monoisotopic (exact) mass is 287 g/mol. The molecule has 0 heterocycles. The Bertz CT molecular complexity index is 513. The average molecular weight is 287 g/mol. The van der Waals surface area contributed by atoms with Crippen LogP contribution in [0.4, 0.5) is 0 Å². The number of hydrogen-bond acceptors (Lipinski definition) is 4. The van der Waals surface area contributed by atoms with Crippen LogP contribution in [0, 0.1) is 0 Å². The fourth-order valence-electron chi connectivity index (χ4n) is 1.91. The highest BCUT2D eigenvalue weighted by molar-refractivity contribution is 5.22. The van der Waals surface area contributed by atoms with Crippen LogP contribution in [-0.2, 0) is 13.2 Å². The van der Waals surface area contributed by atoms with Crippen molar-refractivity contribution in [2.24, 2.45) is 0 Å². The summed E-state index contributed by atoms with van der Waals surface area (Å²) in [7, 11) is 0. The van der Waals surface area contributed by atoms with Crippen molar-refractivity contribution < 1.29 is 14.9 Å². The molecule has 0 spiro atoms. The second-order valence-corrected chi connectivity index (χ2v) is 4.88. The van der Waals surface area contributed by atoms with Gasteiger partial charge in [0.2, 0.25) is 0 Å². The highest BCUT2D eigenvalue weighted by Gasteiger charge is 2.04. The Hall–Kier alpha value is -1.88. The van der Waals surface area contributed by atoms with Gasteiger partial charge in [0.05, 0.1) is 6.61 Å². The number of rotatable bonds is 8. The topological polar surface area (TPSA) is 61.7 Å². The predicted octanol–water partition coefficient (Wildman–Crippen LogP) is 1.71. The Morgan fingerprint density at radius 1 is 0.952 bits per heavy atom. The normalized spacial score (nSPS) is 12.1. The van der Waals surface area contributed by atoms with Crippen LogP contribution >= 0.6 is 0 Å². The molecular weight excluding hydrogens is 266 g/mol. The van der Waals surface area contributed by atoms with Gasteiger partial charge in [-0.3, -0.25) is 0 Å². The van der Waals surface area contributed by atoms with E-state index in [0.717, 1.165) is 16.9 Å². The van der Waals surface area contributed by atoms with Gasteiger partial charge in [-0.2, -0.15) is 0 Å². The fraction of sp³-hybridized carbons (Fsp3) is 0.294. The number of hydrogen-bond donors (Lipinski definition) is 3. The highest BCUT2D eigenvalue weighted by atomic mass is 16.5. The van der Waals surface area contributed by atoms with Crippen LogP contribution in [0.15, 0.2) is 54.6 Å². The van der Waals surface area contributed by atoms with Gasteiger partial charge in [0.25, 0.3) is 0 Å². The summed E-state index contributed by atoms with van der Waals surface area (Å²) in [6.45, 7) is 1.46. The standard InChI is InChI=1S/C17H21NO3/c19-12-15-8-6-14(7-9-15)10-18-11-16(20)13-21-17-4-2-1-3-5-17/h1-9,16,18-20H,10-13H2. The maximum Gasteiger partial charge on any atom is 0.119 e. The molecule has 0 aromatic heterocycles. The van der Waals surface area contributed by atoms with Crippen LogP contribution in [0.3, 0.4) is 0 Å². The summed E-state index contributed by atoms with van der Waals surface area (Å²) < 4.78 is 5.48. The molecule has 2 aromatic rings. The van der Waals surface area contributed by atoms with Crippen molar-refractivity contribution in [1.82, 2.24) is 5.32 Å². The lowest BCUT2D eigenvalue weighted by atomic mass is 10.1. The minimum absolute atomic E-state index is 0.0588. The first-order valence-corrected chi connectivity index (χ1v) is 7.03. The van der Waals surface area contributed by atoms with Gasteiger partial charge in [0.1, 0.15) is 18.5 Å². The van der Waals surface area contributed by atoms with Gasteiger partial charge in [-0.1, -0.05) is 42.5 Å². The largest absolute Gasteiger partial charge is 0.491 e. The van der Waals surface area contributed by atoms with Gasteiger partial charge in [-0.15, -0.1) is 0 Å². The predicted molar refractivity (Wildman–Crippen MR) is 82.0 cm³/mol. The molecule has 0 saturated heterocycles. The van der Waals surface area contributed by atoms with E-state index in [4.69, 9.17) is 9.84 Å². The molecule has 4 heteroatoms. The summed E-state index contributed by atoms with van der Waals surface area (Å²) in [5, 5.41) is 22.0. The molecule has 0 bridgehead atoms. The molecule has 1 unspecified atom stereocenters. The zero-order valence-electron chi connectivity index (χ0n) is 11.9. The van der Waals surface area contributed by atoms with Crippen LogP contribution in [-0.4, -0.2) is 29.5 Å². The molecule has 1 atom stereocenters. The summed E-state index contributed by atoms with van der Waals surface area (Å²) in [5.74, 6) is 0.760. The van der Waals surface area contributed by atoms with Crippen molar-refractivity contribution in [2.45, 2.75) is 19.3 Å². The summed E-state index contributed by atoms with van der Waals surface area (Å²) in [5.41, 5.74) is 2.01. The third-order valence-corrected chi connectivity index (χ3v) is 3.10. The minimum atomic E-state index is -0.554. The van der Waals surface area contributed by atoms with E-state index in [2.05, 4.69) is 5.32 Å². The smallest absolute Gasteiger partial charge is 0.119 e. The van der Waals surface area contributed by atoms with Crippen molar-refractivity contribution in [1.29, 1.82) is 0 Å². The molecule has 0 fully saturated rings. The van der Waals surface area contributed by atoms with Gasteiger partial charge in [0, 0.05) is 13.1 Å². The third kappa shape index (κ3) is 5.55. The van der Waals surface area contributed by atoms with Crippen molar-refractivity contribution in [3.8, 4) is 5.75 Å². The summed E-state index contributed by atoms with van der Waals surface area (Å²) in [6, 6.07) is 17.2. The van der Waals surface area contributed by atoms with E-state index < -0.39 is 6.10 Å². The lowest BCUT2D eigenvalue weighted by Gasteiger charge is -2.13. The number of benzene rings is 2. The number of ether oxygens (including phenoxy) is 1. The number of aliphatic hydroxyl groups excluding tert-OH is 2. The van der Waals surface area contributed by atoms with Gasteiger partial charge in [0.15, 0.2) is 0 Å². The van der Waals surface area contributed by atoms with E-state index >= 15 is 0 Å². The van der Waals surface area contributed by atoms with Gasteiger partial charge in [-0.25, -0.2) is 0 Å². The fourth-order valence-corrected chi connectivity index (χ4v) is 1.91. The second kappa shape index (κ2) is 8.42. The zero-order valence-corrected chi connectivity index (χ0v) is 11.9. The van der Waals surface area contributed by atoms with E-state index in [1.54, 1.807) is 0 Å². The molecule has 0 saturated carbocycles. The lowest BCUT2D eigenvalue weighted by molar-refractivity contribution is 0.106. The van der Waals surface area contributed by atoms with E-state index in [0.29, 0.717) is 13.1 Å². The quantitative estimate of drug-likeness (QED) is 0.692. The maximum atomic E-state index is 9.85.